The van der Waals surface area contributed by atoms with Gasteiger partial charge in [0.05, 0.1) is 11.2 Å². The first-order chi connectivity index (χ1) is 15.5. The maximum Gasteiger partial charge on any atom is 0.103 e. The van der Waals surface area contributed by atoms with Crippen molar-refractivity contribution in [3.63, 3.8) is 0 Å². The normalized spacial score (nSPS) is 11.8. The zero-order valence-electron chi connectivity index (χ0n) is 18.9. The largest absolute Gasteiger partial charge is 0.345 e. The lowest BCUT2D eigenvalue weighted by atomic mass is 10.2. The van der Waals surface area contributed by atoms with E-state index in [2.05, 4.69) is 50.1 Å². The Labute approximate surface area is 192 Å². The van der Waals surface area contributed by atoms with Gasteiger partial charge in [-0.1, -0.05) is 0 Å². The van der Waals surface area contributed by atoms with Gasteiger partial charge in [0.1, 0.15) is 17.5 Å². The molecule has 0 aromatic carbocycles. The molecule has 4 heterocycles. The van der Waals surface area contributed by atoms with Crippen LogP contribution in [0, 0.1) is 20.8 Å². The number of aromatic amines is 3. The first-order valence-corrected chi connectivity index (χ1v) is 11.8. The first-order valence-electron chi connectivity index (χ1n) is 10.9. The molecule has 0 amide bonds. The molecule has 0 unspecified atom stereocenters. The van der Waals surface area contributed by atoms with Crippen LogP contribution in [0.1, 0.15) is 46.7 Å². The summed E-state index contributed by atoms with van der Waals surface area (Å²) in [5.74, 6) is 2.84. The SMILES string of the molecule is Cc1ncc(CN(CCCN(Cc2cnc(C)[nH]2)Cc2cnc(C)[nH]2)Cc2cscn2)[nH]1. The van der Waals surface area contributed by atoms with Gasteiger partial charge in [0.2, 0.25) is 0 Å². The molecule has 4 aromatic rings. The summed E-state index contributed by atoms with van der Waals surface area (Å²) >= 11 is 1.64. The van der Waals surface area contributed by atoms with Crippen molar-refractivity contribution in [2.75, 3.05) is 13.1 Å². The van der Waals surface area contributed by atoms with Crippen molar-refractivity contribution in [2.24, 2.45) is 0 Å². The van der Waals surface area contributed by atoms with Gasteiger partial charge in [0.25, 0.3) is 0 Å². The third-order valence-corrected chi connectivity index (χ3v) is 5.90. The summed E-state index contributed by atoms with van der Waals surface area (Å²) in [5, 5.41) is 2.12. The van der Waals surface area contributed by atoms with Crippen LogP contribution in [0.25, 0.3) is 0 Å². The maximum absolute atomic E-state index is 4.48. The Kier molecular flexibility index (Phi) is 7.46. The maximum atomic E-state index is 4.48. The van der Waals surface area contributed by atoms with Crippen LogP contribution in [0.4, 0.5) is 0 Å². The number of imidazole rings is 3. The van der Waals surface area contributed by atoms with Crippen LogP contribution in [0.3, 0.4) is 0 Å². The second-order valence-electron chi connectivity index (χ2n) is 8.24. The van der Waals surface area contributed by atoms with E-state index in [0.717, 1.165) is 85.9 Å². The van der Waals surface area contributed by atoms with E-state index in [4.69, 9.17) is 0 Å². The molecule has 0 atom stereocenters. The van der Waals surface area contributed by atoms with Gasteiger partial charge in [0.15, 0.2) is 0 Å². The van der Waals surface area contributed by atoms with Crippen molar-refractivity contribution in [2.45, 2.75) is 53.4 Å². The fourth-order valence-electron chi connectivity index (χ4n) is 3.87. The predicted molar refractivity (Wildman–Crippen MR) is 125 cm³/mol. The lowest BCUT2D eigenvalue weighted by molar-refractivity contribution is 0.203. The van der Waals surface area contributed by atoms with Gasteiger partial charge < -0.3 is 15.0 Å². The summed E-state index contributed by atoms with van der Waals surface area (Å²) in [6.07, 6.45) is 6.82. The van der Waals surface area contributed by atoms with E-state index in [1.165, 1.54) is 0 Å². The summed E-state index contributed by atoms with van der Waals surface area (Å²) in [5.41, 5.74) is 6.41. The molecule has 3 N–H and O–H groups in total. The average molecular weight is 454 g/mol. The van der Waals surface area contributed by atoms with Crippen LogP contribution in [0.15, 0.2) is 29.5 Å². The Morgan fingerprint density at radius 2 is 1.16 bits per heavy atom. The van der Waals surface area contributed by atoms with Gasteiger partial charge in [-0.25, -0.2) is 19.9 Å². The molecule has 0 fully saturated rings. The Balaban J connectivity index is 1.38. The highest BCUT2D eigenvalue weighted by atomic mass is 32.1. The molecule has 0 aliphatic rings. The van der Waals surface area contributed by atoms with E-state index in [1.807, 2.05) is 44.9 Å². The lowest BCUT2D eigenvalue weighted by Gasteiger charge is -2.24. The van der Waals surface area contributed by atoms with Crippen molar-refractivity contribution in [3.05, 3.63) is 69.7 Å². The Bertz CT molecular complexity index is 1040. The molecule has 0 saturated heterocycles. The van der Waals surface area contributed by atoms with Gasteiger partial charge in [0, 0.05) is 80.3 Å². The molecular weight excluding hydrogens is 422 g/mol. The Morgan fingerprint density at radius 3 is 1.53 bits per heavy atom. The van der Waals surface area contributed by atoms with Crippen molar-refractivity contribution >= 4 is 11.3 Å². The van der Waals surface area contributed by atoms with Crippen LogP contribution in [-0.2, 0) is 26.2 Å². The third-order valence-electron chi connectivity index (χ3n) is 5.27. The van der Waals surface area contributed by atoms with Crippen LogP contribution in [-0.4, -0.2) is 57.8 Å². The molecule has 4 rings (SSSR count). The second-order valence-corrected chi connectivity index (χ2v) is 8.95. The highest BCUT2D eigenvalue weighted by Crippen LogP contribution is 2.13. The zero-order chi connectivity index (χ0) is 22.3. The second kappa shape index (κ2) is 10.7. The summed E-state index contributed by atoms with van der Waals surface area (Å²) in [6, 6.07) is 0. The van der Waals surface area contributed by atoms with Crippen LogP contribution >= 0.6 is 11.3 Å². The molecule has 0 saturated carbocycles. The van der Waals surface area contributed by atoms with E-state index in [9.17, 15) is 0 Å². The molecule has 170 valence electrons. The topological polar surface area (TPSA) is 105 Å². The van der Waals surface area contributed by atoms with Crippen molar-refractivity contribution in [1.29, 1.82) is 0 Å². The minimum absolute atomic E-state index is 0.824. The third kappa shape index (κ3) is 6.59. The van der Waals surface area contributed by atoms with E-state index >= 15 is 0 Å². The van der Waals surface area contributed by atoms with E-state index in [1.54, 1.807) is 11.3 Å². The molecule has 0 radical (unpaired) electrons. The number of thiazole rings is 1. The fraction of sp³-hybridized carbons (Fsp3) is 0.455. The number of hydrogen-bond acceptors (Lipinski definition) is 7. The van der Waals surface area contributed by atoms with E-state index < -0.39 is 0 Å². The molecule has 10 heteroatoms. The smallest absolute Gasteiger partial charge is 0.103 e. The number of aryl methyl sites for hydroxylation is 3. The lowest BCUT2D eigenvalue weighted by Crippen LogP contribution is -2.30. The molecule has 0 aliphatic carbocycles. The molecular formula is C22H31N9S. The summed E-state index contributed by atoms with van der Waals surface area (Å²) in [7, 11) is 0. The van der Waals surface area contributed by atoms with Crippen LogP contribution in [0.2, 0.25) is 0 Å². The predicted octanol–water partition coefficient (Wildman–Crippen LogP) is 3.33. The van der Waals surface area contributed by atoms with Crippen LogP contribution < -0.4 is 0 Å². The van der Waals surface area contributed by atoms with Gasteiger partial charge in [-0.2, -0.15) is 0 Å². The number of H-pyrrole nitrogens is 3. The number of rotatable bonds is 12. The number of aromatic nitrogens is 7. The fourth-order valence-corrected chi connectivity index (χ4v) is 4.42. The van der Waals surface area contributed by atoms with Crippen molar-refractivity contribution in [3.8, 4) is 0 Å². The molecule has 0 aliphatic heterocycles. The monoisotopic (exact) mass is 453 g/mol. The number of hydrogen-bond donors (Lipinski definition) is 3. The zero-order valence-corrected chi connectivity index (χ0v) is 19.7. The number of nitrogens with zero attached hydrogens (tertiary/aromatic N) is 6. The van der Waals surface area contributed by atoms with Gasteiger partial charge in [-0.15, -0.1) is 11.3 Å². The van der Waals surface area contributed by atoms with Gasteiger partial charge in [-0.3, -0.25) is 9.80 Å². The molecule has 0 spiro atoms. The van der Waals surface area contributed by atoms with E-state index in [-0.39, 0.29) is 0 Å². The minimum atomic E-state index is 0.824. The highest BCUT2D eigenvalue weighted by molar-refractivity contribution is 7.07. The first kappa shape index (κ1) is 22.4. The summed E-state index contributed by atoms with van der Waals surface area (Å²) in [6.45, 7) is 11.2. The quantitative estimate of drug-likeness (QED) is 0.304. The van der Waals surface area contributed by atoms with Crippen molar-refractivity contribution in [1.82, 2.24) is 44.7 Å². The van der Waals surface area contributed by atoms with Gasteiger partial charge in [-0.05, 0) is 27.2 Å². The summed E-state index contributed by atoms with van der Waals surface area (Å²) < 4.78 is 0. The Morgan fingerprint density at radius 1 is 0.688 bits per heavy atom. The average Bonchev–Trinajstić information content (AvgIpc) is 3.54. The van der Waals surface area contributed by atoms with Crippen LogP contribution in [0.5, 0.6) is 0 Å². The standard InChI is InChI=1S/C22H31N9S/c1-16-23-7-19(27-16)10-30(11-20-8-24-17(2)28-20)5-4-6-31(13-22-14-32-15-26-22)12-21-9-25-18(3)29-21/h7-9,14-15H,4-6,10-13H2,1-3H3,(H,23,27)(H,24,28)(H,25,29). The van der Waals surface area contributed by atoms with E-state index in [0.29, 0.717) is 0 Å². The Hall–Kier alpha value is -2.82. The molecule has 4 aromatic heterocycles. The van der Waals surface area contributed by atoms with Crippen molar-refractivity contribution < 1.29 is 0 Å². The molecule has 9 nitrogen and oxygen atoms in total. The molecule has 0 bridgehead atoms. The molecule has 32 heavy (non-hydrogen) atoms. The summed E-state index contributed by atoms with van der Waals surface area (Å²) in [4.78, 5) is 32.5. The van der Waals surface area contributed by atoms with Gasteiger partial charge >= 0.3 is 0 Å². The minimum Gasteiger partial charge on any atom is -0.345 e. The highest BCUT2D eigenvalue weighted by Gasteiger charge is 2.14. The number of nitrogens with one attached hydrogen (secondary N) is 3.